The maximum absolute atomic E-state index is 12.6. The number of nitrogens with two attached hydrogens (primary N) is 1. The fourth-order valence-electron chi connectivity index (χ4n) is 3.54. The molecule has 1 amide bonds. The van der Waals surface area contributed by atoms with E-state index in [9.17, 15) is 9.90 Å². The molecule has 4 aromatic rings. The number of halogens is 1. The zero-order valence-electron chi connectivity index (χ0n) is 19.5. The summed E-state index contributed by atoms with van der Waals surface area (Å²) in [4.78, 5) is 21.5. The lowest BCUT2D eigenvalue weighted by molar-refractivity contribution is -0.117. The molecule has 184 valence electrons. The van der Waals surface area contributed by atoms with Gasteiger partial charge in [-0.3, -0.25) is 4.79 Å². The van der Waals surface area contributed by atoms with Crippen molar-refractivity contribution in [2.75, 3.05) is 22.5 Å². The van der Waals surface area contributed by atoms with Crippen molar-refractivity contribution in [2.45, 2.75) is 18.9 Å². The molecular weight excluding hydrogens is 520 g/mol. The monoisotopic (exact) mass is 546 g/mol. The van der Waals surface area contributed by atoms with Crippen LogP contribution in [0.5, 0.6) is 5.75 Å². The van der Waals surface area contributed by atoms with Gasteiger partial charge in [0, 0.05) is 24.1 Å². The van der Waals surface area contributed by atoms with Gasteiger partial charge in [0.05, 0.1) is 10.5 Å². The molecule has 1 heterocycles. The van der Waals surface area contributed by atoms with Crippen molar-refractivity contribution in [2.24, 2.45) is 5.73 Å². The summed E-state index contributed by atoms with van der Waals surface area (Å²) in [5, 5.41) is 18.8. The van der Waals surface area contributed by atoms with Crippen molar-refractivity contribution in [3.05, 3.63) is 101 Å². The second kappa shape index (κ2) is 12.1. The number of amides is 1. The van der Waals surface area contributed by atoms with Gasteiger partial charge < -0.3 is 26.8 Å². The normalized spacial score (nSPS) is 11.5. The van der Waals surface area contributed by atoms with E-state index in [0.29, 0.717) is 30.4 Å². The van der Waals surface area contributed by atoms with Gasteiger partial charge in [0.2, 0.25) is 11.9 Å². The Labute approximate surface area is 218 Å². The molecule has 4 rings (SSSR count). The summed E-state index contributed by atoms with van der Waals surface area (Å²) in [5.41, 5.74) is 9.56. The van der Waals surface area contributed by atoms with Gasteiger partial charge in [-0.25, -0.2) is 4.98 Å². The van der Waals surface area contributed by atoms with Gasteiger partial charge >= 0.3 is 0 Å². The van der Waals surface area contributed by atoms with Crippen LogP contribution in [-0.2, 0) is 17.6 Å². The van der Waals surface area contributed by atoms with Crippen molar-refractivity contribution in [1.82, 2.24) is 9.97 Å². The number of aromatic hydroxyl groups is 1. The first kappa shape index (κ1) is 25.2. The van der Waals surface area contributed by atoms with E-state index in [1.54, 1.807) is 30.5 Å². The zero-order valence-corrected chi connectivity index (χ0v) is 21.1. The van der Waals surface area contributed by atoms with E-state index in [1.165, 1.54) is 0 Å². The number of hydrogen-bond acceptors (Lipinski definition) is 7. The molecule has 0 aliphatic rings. The van der Waals surface area contributed by atoms with Crippen molar-refractivity contribution in [3.8, 4) is 5.75 Å². The van der Waals surface area contributed by atoms with E-state index >= 15 is 0 Å². The number of benzene rings is 3. The summed E-state index contributed by atoms with van der Waals surface area (Å²) in [6, 6.07) is 23.4. The summed E-state index contributed by atoms with van der Waals surface area (Å²) in [6.45, 7) is 0.657. The smallest absolute Gasteiger partial charge is 0.241 e. The van der Waals surface area contributed by atoms with E-state index < -0.39 is 6.04 Å². The molecule has 6 N–H and O–H groups in total. The van der Waals surface area contributed by atoms with Crippen LogP contribution in [0.2, 0.25) is 0 Å². The molecule has 0 bridgehead atoms. The fraction of sp³-hybridized carbons (Fsp3) is 0.148. The Kier molecular flexibility index (Phi) is 8.48. The van der Waals surface area contributed by atoms with E-state index in [0.717, 1.165) is 27.7 Å². The van der Waals surface area contributed by atoms with Crippen LogP contribution in [0.3, 0.4) is 0 Å². The molecule has 1 unspecified atom stereocenters. The van der Waals surface area contributed by atoms with Gasteiger partial charge in [-0.1, -0.05) is 48.5 Å². The summed E-state index contributed by atoms with van der Waals surface area (Å²) in [6.07, 6.45) is 2.90. The first-order valence-corrected chi connectivity index (χ1v) is 12.3. The lowest BCUT2D eigenvalue weighted by Gasteiger charge is -2.14. The number of carbonyl (C=O) groups is 1. The van der Waals surface area contributed by atoms with Gasteiger partial charge in [-0.15, -0.1) is 0 Å². The van der Waals surface area contributed by atoms with Gasteiger partial charge in [-0.2, -0.15) is 4.98 Å². The Morgan fingerprint density at radius 2 is 1.72 bits per heavy atom. The highest BCUT2D eigenvalue weighted by Gasteiger charge is 2.14. The molecule has 1 aromatic heterocycles. The zero-order chi connectivity index (χ0) is 25.3. The number of anilines is 4. The number of rotatable bonds is 10. The van der Waals surface area contributed by atoms with Crippen molar-refractivity contribution in [3.63, 3.8) is 0 Å². The topological polar surface area (TPSA) is 125 Å². The molecule has 9 heteroatoms. The van der Waals surface area contributed by atoms with Crippen LogP contribution < -0.4 is 21.7 Å². The summed E-state index contributed by atoms with van der Waals surface area (Å²) in [5.74, 6) is 1.06. The van der Waals surface area contributed by atoms with E-state index in [4.69, 9.17) is 5.73 Å². The van der Waals surface area contributed by atoms with Gasteiger partial charge in [-0.05, 0) is 70.2 Å². The number of nitrogens with one attached hydrogen (secondary N) is 3. The number of nitrogens with zero attached hydrogens (tertiary/aromatic N) is 2. The molecule has 0 saturated heterocycles. The fourth-order valence-corrected chi connectivity index (χ4v) is 3.87. The molecule has 8 nitrogen and oxygen atoms in total. The van der Waals surface area contributed by atoms with Crippen molar-refractivity contribution in [1.29, 1.82) is 0 Å². The lowest BCUT2D eigenvalue weighted by Crippen LogP contribution is -2.37. The van der Waals surface area contributed by atoms with Crippen LogP contribution >= 0.6 is 15.9 Å². The molecule has 0 aliphatic carbocycles. The molecule has 0 spiro atoms. The predicted octanol–water partition coefficient (Wildman–Crippen LogP) is 4.85. The molecule has 36 heavy (non-hydrogen) atoms. The maximum atomic E-state index is 12.6. The molecule has 0 saturated carbocycles. The van der Waals surface area contributed by atoms with E-state index in [-0.39, 0.29) is 11.7 Å². The number of aromatic nitrogens is 2. The Morgan fingerprint density at radius 3 is 2.50 bits per heavy atom. The van der Waals surface area contributed by atoms with Crippen LogP contribution in [0.25, 0.3) is 0 Å². The minimum absolute atomic E-state index is 0.250. The highest BCUT2D eigenvalue weighted by molar-refractivity contribution is 9.10. The van der Waals surface area contributed by atoms with Crippen LogP contribution in [0.1, 0.15) is 11.1 Å². The third-order valence-corrected chi connectivity index (χ3v) is 5.99. The molecule has 1 atom stereocenters. The number of carbonyl (C=O) groups excluding carboxylic acids is 1. The standard InChI is InChI=1S/C27H27BrN6O2/c28-23-17-31-27(34-25(23)30-14-13-18-9-11-22(35)12-10-18)33-21-8-4-7-20(16-21)32-26(36)24(29)15-19-5-2-1-3-6-19/h1-12,16-17,24,35H,13-15,29H2,(H,32,36)(H2,30,31,33,34). The highest BCUT2D eigenvalue weighted by atomic mass is 79.9. The molecule has 3 aromatic carbocycles. The Hall–Kier alpha value is -3.95. The van der Waals surface area contributed by atoms with Crippen molar-refractivity contribution < 1.29 is 9.90 Å². The Bertz CT molecular complexity index is 1300. The highest BCUT2D eigenvalue weighted by Crippen LogP contribution is 2.23. The van der Waals surface area contributed by atoms with Gasteiger partial charge in [0.1, 0.15) is 11.6 Å². The lowest BCUT2D eigenvalue weighted by atomic mass is 10.1. The second-order valence-corrected chi connectivity index (χ2v) is 9.08. The summed E-state index contributed by atoms with van der Waals surface area (Å²) >= 11 is 3.48. The second-order valence-electron chi connectivity index (χ2n) is 8.22. The minimum Gasteiger partial charge on any atom is -0.508 e. The molecular formula is C27H27BrN6O2. The van der Waals surface area contributed by atoms with Crippen LogP contribution in [0.4, 0.5) is 23.1 Å². The summed E-state index contributed by atoms with van der Waals surface area (Å²) < 4.78 is 0.743. The van der Waals surface area contributed by atoms with E-state index in [1.807, 2.05) is 54.6 Å². The molecule has 0 radical (unpaired) electrons. The van der Waals surface area contributed by atoms with Crippen molar-refractivity contribution >= 4 is 45.0 Å². The molecule has 0 aliphatic heterocycles. The third-order valence-electron chi connectivity index (χ3n) is 5.41. The van der Waals surface area contributed by atoms with E-state index in [2.05, 4.69) is 41.8 Å². The maximum Gasteiger partial charge on any atom is 0.241 e. The number of phenols is 1. The Morgan fingerprint density at radius 1 is 0.972 bits per heavy atom. The largest absolute Gasteiger partial charge is 0.508 e. The van der Waals surface area contributed by atoms with Crippen LogP contribution in [0.15, 0.2) is 89.5 Å². The Balaban J connectivity index is 1.34. The first-order valence-electron chi connectivity index (χ1n) is 11.5. The minimum atomic E-state index is -0.658. The third kappa shape index (κ3) is 7.27. The van der Waals surface area contributed by atoms with Gasteiger partial charge in [0.25, 0.3) is 0 Å². The quantitative estimate of drug-likeness (QED) is 0.192. The van der Waals surface area contributed by atoms with Gasteiger partial charge in [0.15, 0.2) is 0 Å². The van der Waals surface area contributed by atoms with Crippen LogP contribution in [-0.4, -0.2) is 33.6 Å². The predicted molar refractivity (Wildman–Crippen MR) is 147 cm³/mol. The summed E-state index contributed by atoms with van der Waals surface area (Å²) in [7, 11) is 0. The number of hydrogen-bond donors (Lipinski definition) is 5. The molecule has 0 fully saturated rings. The average molecular weight is 547 g/mol. The first-order chi connectivity index (χ1) is 17.5. The number of phenolic OH excluding ortho intramolecular Hbond substituents is 1. The SMILES string of the molecule is NC(Cc1ccccc1)C(=O)Nc1cccc(Nc2ncc(Br)c(NCCc3ccc(O)cc3)n2)c1. The average Bonchev–Trinajstić information content (AvgIpc) is 2.88. The van der Waals surface area contributed by atoms with Crippen LogP contribution in [0, 0.1) is 0 Å².